The van der Waals surface area contributed by atoms with Crippen LogP contribution in [0.3, 0.4) is 0 Å². The summed E-state index contributed by atoms with van der Waals surface area (Å²) in [7, 11) is 0. The number of nitrogens with one attached hydrogen (secondary N) is 2. The molecule has 0 saturated carbocycles. The van der Waals surface area contributed by atoms with Crippen LogP contribution in [0.2, 0.25) is 0 Å². The van der Waals surface area contributed by atoms with E-state index in [-0.39, 0.29) is 11.8 Å². The van der Waals surface area contributed by atoms with E-state index < -0.39 is 6.04 Å². The largest absolute Gasteiger partial charge is 0.350 e. The molecule has 0 radical (unpaired) electrons. The van der Waals surface area contributed by atoms with Crippen LogP contribution in [-0.2, 0) is 11.3 Å². The SMILES string of the molecule is CC(NC(=O)c1cccc(Br)c1)C(=O)NCc1ccccc1. The number of carbonyl (C=O) groups excluding carboxylic acids is 2. The molecule has 1 unspecified atom stereocenters. The van der Waals surface area contributed by atoms with Gasteiger partial charge in [-0.1, -0.05) is 52.3 Å². The van der Waals surface area contributed by atoms with Crippen LogP contribution in [0.1, 0.15) is 22.8 Å². The van der Waals surface area contributed by atoms with E-state index >= 15 is 0 Å². The van der Waals surface area contributed by atoms with Crippen molar-refractivity contribution in [1.29, 1.82) is 0 Å². The fraction of sp³-hybridized carbons (Fsp3) is 0.176. The fourth-order valence-electron chi connectivity index (χ4n) is 1.91. The average Bonchev–Trinajstić information content (AvgIpc) is 2.53. The maximum Gasteiger partial charge on any atom is 0.251 e. The Morgan fingerprint density at radius 3 is 2.50 bits per heavy atom. The molecule has 0 aromatic heterocycles. The Balaban J connectivity index is 1.87. The molecule has 22 heavy (non-hydrogen) atoms. The summed E-state index contributed by atoms with van der Waals surface area (Å²) in [6.07, 6.45) is 0. The number of rotatable bonds is 5. The molecule has 0 spiro atoms. The molecule has 5 heteroatoms. The van der Waals surface area contributed by atoms with E-state index in [2.05, 4.69) is 26.6 Å². The smallest absolute Gasteiger partial charge is 0.251 e. The van der Waals surface area contributed by atoms with E-state index in [1.54, 1.807) is 25.1 Å². The van der Waals surface area contributed by atoms with E-state index in [4.69, 9.17) is 0 Å². The van der Waals surface area contributed by atoms with Gasteiger partial charge in [0, 0.05) is 16.6 Å². The first-order valence-corrected chi connectivity index (χ1v) is 7.73. The molecule has 2 aromatic carbocycles. The zero-order chi connectivity index (χ0) is 15.9. The van der Waals surface area contributed by atoms with Crippen molar-refractivity contribution < 1.29 is 9.59 Å². The molecule has 2 rings (SSSR count). The summed E-state index contributed by atoms with van der Waals surface area (Å²) in [6, 6.07) is 16.1. The van der Waals surface area contributed by atoms with E-state index in [1.807, 2.05) is 36.4 Å². The maximum atomic E-state index is 12.1. The van der Waals surface area contributed by atoms with Crippen molar-refractivity contribution in [3.05, 3.63) is 70.2 Å². The fourth-order valence-corrected chi connectivity index (χ4v) is 2.31. The summed E-state index contributed by atoms with van der Waals surface area (Å²) in [6.45, 7) is 2.10. The van der Waals surface area contributed by atoms with Gasteiger partial charge in [0.1, 0.15) is 6.04 Å². The van der Waals surface area contributed by atoms with Gasteiger partial charge in [0.15, 0.2) is 0 Å². The summed E-state index contributed by atoms with van der Waals surface area (Å²) < 4.78 is 0.821. The number of hydrogen-bond acceptors (Lipinski definition) is 2. The summed E-state index contributed by atoms with van der Waals surface area (Å²) in [4.78, 5) is 24.1. The highest BCUT2D eigenvalue weighted by Crippen LogP contribution is 2.11. The van der Waals surface area contributed by atoms with Crippen LogP contribution in [0.25, 0.3) is 0 Å². The van der Waals surface area contributed by atoms with Gasteiger partial charge in [-0.3, -0.25) is 9.59 Å². The van der Waals surface area contributed by atoms with Gasteiger partial charge < -0.3 is 10.6 Å². The Bertz CT molecular complexity index is 659. The maximum absolute atomic E-state index is 12.1. The minimum absolute atomic E-state index is 0.216. The molecule has 0 saturated heterocycles. The van der Waals surface area contributed by atoms with Crippen molar-refractivity contribution in [2.45, 2.75) is 19.5 Å². The van der Waals surface area contributed by atoms with E-state index in [1.165, 1.54) is 0 Å². The Kier molecular flexibility index (Phi) is 5.72. The predicted octanol–water partition coefficient (Wildman–Crippen LogP) is 2.88. The number of halogens is 1. The van der Waals surface area contributed by atoms with Crippen LogP contribution >= 0.6 is 15.9 Å². The van der Waals surface area contributed by atoms with Gasteiger partial charge in [-0.25, -0.2) is 0 Å². The van der Waals surface area contributed by atoms with Gasteiger partial charge in [0.05, 0.1) is 0 Å². The minimum atomic E-state index is -0.602. The number of carbonyl (C=O) groups is 2. The van der Waals surface area contributed by atoms with Crippen LogP contribution in [0.5, 0.6) is 0 Å². The lowest BCUT2D eigenvalue weighted by Crippen LogP contribution is -2.44. The molecule has 0 heterocycles. The Labute approximate surface area is 138 Å². The van der Waals surface area contributed by atoms with Gasteiger partial charge in [0.2, 0.25) is 5.91 Å². The van der Waals surface area contributed by atoms with Gasteiger partial charge in [0.25, 0.3) is 5.91 Å². The molecule has 0 aliphatic rings. The molecule has 0 fully saturated rings. The summed E-state index contributed by atoms with van der Waals surface area (Å²) in [5, 5.41) is 5.49. The third-order valence-corrected chi connectivity index (χ3v) is 3.63. The van der Waals surface area contributed by atoms with Gasteiger partial charge in [-0.2, -0.15) is 0 Å². The normalized spacial score (nSPS) is 11.5. The highest BCUT2D eigenvalue weighted by atomic mass is 79.9. The molecular weight excluding hydrogens is 344 g/mol. The molecule has 2 amide bonds. The van der Waals surface area contributed by atoms with Crippen molar-refractivity contribution >= 4 is 27.7 Å². The third-order valence-electron chi connectivity index (χ3n) is 3.14. The lowest BCUT2D eigenvalue weighted by Gasteiger charge is -2.14. The number of benzene rings is 2. The van der Waals surface area contributed by atoms with Crippen LogP contribution in [-0.4, -0.2) is 17.9 Å². The molecule has 1 atom stereocenters. The van der Waals surface area contributed by atoms with Crippen molar-refractivity contribution in [3.63, 3.8) is 0 Å². The molecule has 4 nitrogen and oxygen atoms in total. The third kappa shape index (κ3) is 4.70. The van der Waals surface area contributed by atoms with Gasteiger partial charge in [-0.15, -0.1) is 0 Å². The van der Waals surface area contributed by atoms with Crippen LogP contribution in [0.4, 0.5) is 0 Å². The number of amides is 2. The molecule has 0 aliphatic carbocycles. The summed E-state index contributed by atoms with van der Waals surface area (Å²) in [5.41, 5.74) is 1.53. The summed E-state index contributed by atoms with van der Waals surface area (Å²) >= 11 is 3.32. The second-order valence-electron chi connectivity index (χ2n) is 4.91. The first-order chi connectivity index (χ1) is 10.6. The molecule has 2 N–H and O–H groups in total. The molecule has 114 valence electrons. The summed E-state index contributed by atoms with van der Waals surface area (Å²) in [5.74, 6) is -0.490. The van der Waals surface area contributed by atoms with Gasteiger partial charge >= 0.3 is 0 Å². The first kappa shape index (κ1) is 16.2. The Morgan fingerprint density at radius 2 is 1.82 bits per heavy atom. The monoisotopic (exact) mass is 360 g/mol. The lowest BCUT2D eigenvalue weighted by atomic mass is 10.2. The van der Waals surface area contributed by atoms with Crippen LogP contribution < -0.4 is 10.6 Å². The molecule has 0 bridgehead atoms. The first-order valence-electron chi connectivity index (χ1n) is 6.94. The molecule has 2 aromatic rings. The van der Waals surface area contributed by atoms with Crippen molar-refractivity contribution in [2.75, 3.05) is 0 Å². The van der Waals surface area contributed by atoms with Crippen molar-refractivity contribution in [2.24, 2.45) is 0 Å². The molecule has 0 aliphatic heterocycles. The average molecular weight is 361 g/mol. The predicted molar refractivity (Wildman–Crippen MR) is 89.4 cm³/mol. The van der Waals surface area contributed by atoms with Crippen molar-refractivity contribution in [1.82, 2.24) is 10.6 Å². The van der Waals surface area contributed by atoms with E-state index in [9.17, 15) is 9.59 Å². The zero-order valence-corrected chi connectivity index (χ0v) is 13.8. The number of hydrogen-bond donors (Lipinski definition) is 2. The Hall–Kier alpha value is -2.14. The van der Waals surface area contributed by atoms with Crippen LogP contribution in [0, 0.1) is 0 Å². The second kappa shape index (κ2) is 7.75. The second-order valence-corrected chi connectivity index (χ2v) is 5.82. The van der Waals surface area contributed by atoms with E-state index in [0.29, 0.717) is 12.1 Å². The lowest BCUT2D eigenvalue weighted by molar-refractivity contribution is -0.122. The Morgan fingerprint density at radius 1 is 1.09 bits per heavy atom. The standard InChI is InChI=1S/C17H17BrN2O2/c1-12(16(21)19-11-13-6-3-2-4-7-13)20-17(22)14-8-5-9-15(18)10-14/h2-10,12H,11H2,1H3,(H,19,21)(H,20,22). The van der Waals surface area contributed by atoms with Crippen molar-refractivity contribution in [3.8, 4) is 0 Å². The highest BCUT2D eigenvalue weighted by Gasteiger charge is 2.16. The zero-order valence-electron chi connectivity index (χ0n) is 12.2. The van der Waals surface area contributed by atoms with Gasteiger partial charge in [-0.05, 0) is 30.7 Å². The minimum Gasteiger partial charge on any atom is -0.350 e. The molecular formula is C17H17BrN2O2. The highest BCUT2D eigenvalue weighted by molar-refractivity contribution is 9.10. The van der Waals surface area contributed by atoms with Crippen LogP contribution in [0.15, 0.2) is 59.1 Å². The topological polar surface area (TPSA) is 58.2 Å². The van der Waals surface area contributed by atoms with E-state index in [0.717, 1.165) is 10.0 Å². The quantitative estimate of drug-likeness (QED) is 0.861.